The van der Waals surface area contributed by atoms with Crippen LogP contribution in [0.25, 0.3) is 0 Å². The number of hydrogen-bond donors (Lipinski definition) is 3. The summed E-state index contributed by atoms with van der Waals surface area (Å²) < 4.78 is 0. The fourth-order valence-corrected chi connectivity index (χ4v) is 2.70. The molecule has 0 heterocycles. The van der Waals surface area contributed by atoms with Gasteiger partial charge < -0.3 is 5.32 Å². The number of benzene rings is 1. The minimum atomic E-state index is -0.476. The van der Waals surface area contributed by atoms with Crippen molar-refractivity contribution in [1.29, 1.82) is 0 Å². The molecule has 0 aromatic heterocycles. The molecule has 1 aromatic rings. The fourth-order valence-electron chi connectivity index (χ4n) is 2.48. The van der Waals surface area contributed by atoms with Gasteiger partial charge >= 0.3 is 0 Å². The number of nitrogens with one attached hydrogen (secondary N) is 3. The summed E-state index contributed by atoms with van der Waals surface area (Å²) >= 11 is 5.11. The van der Waals surface area contributed by atoms with Crippen molar-refractivity contribution >= 4 is 28.9 Å². The van der Waals surface area contributed by atoms with Crippen LogP contribution in [0.15, 0.2) is 18.2 Å². The van der Waals surface area contributed by atoms with Gasteiger partial charge in [-0.15, -0.1) is 0 Å². The molecule has 1 aliphatic carbocycles. The van der Waals surface area contributed by atoms with Crippen molar-refractivity contribution in [2.45, 2.75) is 38.6 Å². The molecule has 0 aliphatic heterocycles. The van der Waals surface area contributed by atoms with Gasteiger partial charge in [-0.05, 0) is 44.1 Å². The number of aryl methyl sites for hydroxylation is 1. The van der Waals surface area contributed by atoms with E-state index < -0.39 is 10.8 Å². The maximum absolute atomic E-state index is 12.0. The van der Waals surface area contributed by atoms with Gasteiger partial charge in [-0.25, -0.2) is 0 Å². The first kappa shape index (κ1) is 16.2. The zero-order valence-corrected chi connectivity index (χ0v) is 13.0. The van der Waals surface area contributed by atoms with Crippen molar-refractivity contribution < 1.29 is 9.72 Å². The summed E-state index contributed by atoms with van der Waals surface area (Å²) in [7, 11) is 0. The van der Waals surface area contributed by atoms with Crippen LogP contribution < -0.4 is 16.2 Å². The highest BCUT2D eigenvalue weighted by molar-refractivity contribution is 7.80. The van der Waals surface area contributed by atoms with Crippen LogP contribution in [-0.2, 0) is 0 Å². The Bertz CT molecular complexity index is 600. The summed E-state index contributed by atoms with van der Waals surface area (Å²) in [5.74, 6) is -0.395. The first-order valence-corrected chi connectivity index (χ1v) is 7.50. The van der Waals surface area contributed by atoms with E-state index in [1.807, 2.05) is 0 Å². The van der Waals surface area contributed by atoms with E-state index in [2.05, 4.69) is 16.2 Å². The van der Waals surface area contributed by atoms with Gasteiger partial charge in [-0.3, -0.25) is 25.8 Å². The molecule has 22 heavy (non-hydrogen) atoms. The molecule has 118 valence electrons. The second-order valence-corrected chi connectivity index (χ2v) is 5.70. The Morgan fingerprint density at radius 3 is 2.59 bits per heavy atom. The molecule has 1 fully saturated rings. The van der Waals surface area contributed by atoms with Crippen LogP contribution in [0.4, 0.5) is 5.69 Å². The molecule has 1 aliphatic rings. The van der Waals surface area contributed by atoms with E-state index in [1.165, 1.54) is 31.0 Å². The number of nitro benzene ring substituents is 1. The number of amides is 1. The molecule has 1 saturated carbocycles. The Hall–Kier alpha value is -2.22. The Labute approximate surface area is 133 Å². The summed E-state index contributed by atoms with van der Waals surface area (Å²) in [5.41, 5.74) is 5.89. The molecule has 0 atom stereocenters. The molecular formula is C14H18N4O3S. The smallest absolute Gasteiger partial charge is 0.272 e. The van der Waals surface area contributed by atoms with E-state index in [1.54, 1.807) is 6.92 Å². The van der Waals surface area contributed by atoms with Crippen molar-refractivity contribution in [3.05, 3.63) is 39.4 Å². The predicted molar refractivity (Wildman–Crippen MR) is 86.4 cm³/mol. The third-order valence-electron chi connectivity index (χ3n) is 3.64. The summed E-state index contributed by atoms with van der Waals surface area (Å²) in [4.78, 5) is 22.3. The summed E-state index contributed by atoms with van der Waals surface area (Å²) in [6.45, 7) is 1.59. The molecular weight excluding hydrogens is 304 g/mol. The summed E-state index contributed by atoms with van der Waals surface area (Å²) in [6, 6.07) is 4.57. The van der Waals surface area contributed by atoms with Crippen LogP contribution in [0.3, 0.4) is 0 Å². The van der Waals surface area contributed by atoms with Gasteiger partial charge in [0.25, 0.3) is 11.6 Å². The highest BCUT2D eigenvalue weighted by atomic mass is 32.1. The summed E-state index contributed by atoms with van der Waals surface area (Å²) in [5, 5.41) is 14.3. The van der Waals surface area contributed by atoms with Crippen molar-refractivity contribution in [2.75, 3.05) is 0 Å². The Kier molecular flexibility index (Phi) is 5.26. The number of nitro groups is 1. The zero-order valence-electron chi connectivity index (χ0n) is 12.2. The van der Waals surface area contributed by atoms with E-state index in [9.17, 15) is 14.9 Å². The average molecular weight is 322 g/mol. The van der Waals surface area contributed by atoms with E-state index in [0.29, 0.717) is 22.3 Å². The number of hydrazine groups is 1. The van der Waals surface area contributed by atoms with Crippen molar-refractivity contribution in [1.82, 2.24) is 16.2 Å². The van der Waals surface area contributed by atoms with Gasteiger partial charge in [0.15, 0.2) is 5.11 Å². The third-order valence-corrected chi connectivity index (χ3v) is 3.86. The highest BCUT2D eigenvalue weighted by Crippen LogP contribution is 2.19. The van der Waals surface area contributed by atoms with Gasteiger partial charge in [0.05, 0.1) is 4.92 Å². The van der Waals surface area contributed by atoms with E-state index in [-0.39, 0.29) is 5.69 Å². The van der Waals surface area contributed by atoms with Crippen LogP contribution in [-0.4, -0.2) is 22.0 Å². The number of carbonyl (C=O) groups is 1. The highest BCUT2D eigenvalue weighted by Gasteiger charge is 2.16. The van der Waals surface area contributed by atoms with Crippen molar-refractivity contribution in [3.63, 3.8) is 0 Å². The molecule has 1 aromatic carbocycles. The van der Waals surface area contributed by atoms with Crippen LogP contribution in [0.2, 0.25) is 0 Å². The van der Waals surface area contributed by atoms with Gasteiger partial charge in [0, 0.05) is 23.2 Å². The van der Waals surface area contributed by atoms with E-state index in [0.717, 1.165) is 12.8 Å². The molecule has 3 N–H and O–H groups in total. The third kappa shape index (κ3) is 4.14. The molecule has 7 nitrogen and oxygen atoms in total. The first-order valence-electron chi connectivity index (χ1n) is 7.09. The monoisotopic (exact) mass is 322 g/mol. The van der Waals surface area contributed by atoms with Gasteiger partial charge in [-0.2, -0.15) is 0 Å². The number of thiocarbonyl (C=S) groups is 1. The Balaban J connectivity index is 1.87. The van der Waals surface area contributed by atoms with E-state index >= 15 is 0 Å². The summed E-state index contributed by atoms with van der Waals surface area (Å²) in [6.07, 6.45) is 4.54. The maximum Gasteiger partial charge on any atom is 0.272 e. The standard InChI is InChI=1S/C14H18N4O3S/c1-9-8-10(6-7-12(9)18(20)21)13(19)16-17-14(22)15-11-4-2-3-5-11/h6-8,11H,2-5H2,1H3,(H,16,19)(H2,15,17,22). The van der Waals surface area contributed by atoms with Crippen LogP contribution >= 0.6 is 12.2 Å². The molecule has 0 unspecified atom stereocenters. The second kappa shape index (κ2) is 7.17. The van der Waals surface area contributed by atoms with Gasteiger partial charge in [-0.1, -0.05) is 12.8 Å². The normalized spacial score (nSPS) is 14.4. The largest absolute Gasteiger partial charge is 0.359 e. The molecule has 0 radical (unpaired) electrons. The lowest BCUT2D eigenvalue weighted by Gasteiger charge is -2.16. The molecule has 0 spiro atoms. The molecule has 1 amide bonds. The Morgan fingerprint density at radius 1 is 1.32 bits per heavy atom. The molecule has 0 bridgehead atoms. The topological polar surface area (TPSA) is 96.3 Å². The number of hydrogen-bond acceptors (Lipinski definition) is 4. The number of nitrogens with zero attached hydrogens (tertiary/aromatic N) is 1. The van der Waals surface area contributed by atoms with E-state index in [4.69, 9.17) is 12.2 Å². The van der Waals surface area contributed by atoms with Crippen molar-refractivity contribution in [3.8, 4) is 0 Å². The lowest BCUT2D eigenvalue weighted by molar-refractivity contribution is -0.385. The molecule has 0 saturated heterocycles. The quantitative estimate of drug-likeness (QED) is 0.447. The minimum absolute atomic E-state index is 0.0112. The lowest BCUT2D eigenvalue weighted by Crippen LogP contribution is -2.49. The van der Waals surface area contributed by atoms with Gasteiger partial charge in [0.1, 0.15) is 0 Å². The van der Waals surface area contributed by atoms with Gasteiger partial charge in [0.2, 0.25) is 0 Å². The van der Waals surface area contributed by atoms with Crippen LogP contribution in [0.5, 0.6) is 0 Å². The molecule has 2 rings (SSSR count). The fraction of sp³-hybridized carbons (Fsp3) is 0.429. The maximum atomic E-state index is 12.0. The van der Waals surface area contributed by atoms with Crippen LogP contribution in [0, 0.1) is 17.0 Å². The average Bonchev–Trinajstić information content (AvgIpc) is 2.97. The minimum Gasteiger partial charge on any atom is -0.359 e. The van der Waals surface area contributed by atoms with Crippen molar-refractivity contribution in [2.24, 2.45) is 0 Å². The molecule has 8 heteroatoms. The number of rotatable bonds is 3. The SMILES string of the molecule is Cc1cc(C(=O)NNC(=S)NC2CCCC2)ccc1[N+](=O)[O-]. The van der Waals surface area contributed by atoms with Crippen LogP contribution in [0.1, 0.15) is 41.6 Å². The first-order chi connectivity index (χ1) is 10.5. The predicted octanol–water partition coefficient (Wildman–Crippen LogP) is 1.95. The Morgan fingerprint density at radius 2 is 2.00 bits per heavy atom. The zero-order chi connectivity index (χ0) is 16.1. The second-order valence-electron chi connectivity index (χ2n) is 5.29. The lowest BCUT2D eigenvalue weighted by atomic mass is 10.1. The number of carbonyl (C=O) groups excluding carboxylic acids is 1.